The first kappa shape index (κ1) is 23.3. The molecule has 0 saturated heterocycles. The van der Waals surface area contributed by atoms with Crippen LogP contribution >= 0.6 is 11.6 Å². The summed E-state index contributed by atoms with van der Waals surface area (Å²) in [5, 5.41) is 3.48. The molecule has 148 valence electrons. The van der Waals surface area contributed by atoms with E-state index in [1.165, 1.54) is 0 Å². The van der Waals surface area contributed by atoms with Gasteiger partial charge in [0.1, 0.15) is 5.82 Å². The van der Waals surface area contributed by atoms with Crippen molar-refractivity contribution in [2.75, 3.05) is 0 Å². The first-order valence-electron chi connectivity index (χ1n) is 9.43. The van der Waals surface area contributed by atoms with Gasteiger partial charge >= 0.3 is 0 Å². The summed E-state index contributed by atoms with van der Waals surface area (Å²) in [6.07, 6.45) is 6.18. The molecule has 5 heteroatoms. The third kappa shape index (κ3) is 7.12. The van der Waals surface area contributed by atoms with Gasteiger partial charge in [-0.15, -0.1) is 0 Å². The van der Waals surface area contributed by atoms with Gasteiger partial charge in [0, 0.05) is 28.6 Å². The third-order valence-corrected chi connectivity index (χ3v) is 4.13. The van der Waals surface area contributed by atoms with E-state index in [9.17, 15) is 4.79 Å². The van der Waals surface area contributed by atoms with Crippen molar-refractivity contribution in [1.82, 2.24) is 10.3 Å². The van der Waals surface area contributed by atoms with Crippen molar-refractivity contribution in [3.8, 4) is 0 Å². The molecule has 0 aliphatic carbocycles. The van der Waals surface area contributed by atoms with Gasteiger partial charge in [-0.2, -0.15) is 0 Å². The molecule has 0 radical (unpaired) electrons. The largest absolute Gasteiger partial charge is 0.307 e. The van der Waals surface area contributed by atoms with Crippen LogP contribution in [0.2, 0.25) is 5.02 Å². The molecule has 1 aromatic heterocycles. The lowest BCUT2D eigenvalue weighted by Gasteiger charge is -2.10. The molecule has 1 amide bonds. The highest BCUT2D eigenvalue weighted by molar-refractivity contribution is 6.30. The Hall–Kier alpha value is -2.72. The van der Waals surface area contributed by atoms with Gasteiger partial charge < -0.3 is 5.32 Å². The predicted molar refractivity (Wildman–Crippen MR) is 120 cm³/mol. The van der Waals surface area contributed by atoms with E-state index < -0.39 is 0 Å². The number of aromatic nitrogens is 1. The van der Waals surface area contributed by atoms with E-state index in [1.54, 1.807) is 36.7 Å². The van der Waals surface area contributed by atoms with E-state index in [0.29, 0.717) is 16.4 Å². The van der Waals surface area contributed by atoms with E-state index in [4.69, 9.17) is 11.6 Å². The summed E-state index contributed by atoms with van der Waals surface area (Å²) in [6, 6.07) is 12.5. The highest BCUT2D eigenvalue weighted by Crippen LogP contribution is 2.14. The Morgan fingerprint density at radius 1 is 1.18 bits per heavy atom. The number of benzene rings is 1. The van der Waals surface area contributed by atoms with Crippen molar-refractivity contribution in [2.24, 2.45) is 4.99 Å². The van der Waals surface area contributed by atoms with Crippen molar-refractivity contribution in [3.63, 3.8) is 0 Å². The van der Waals surface area contributed by atoms with Crippen LogP contribution in [0.15, 0.2) is 71.1 Å². The summed E-state index contributed by atoms with van der Waals surface area (Å²) in [7, 11) is 0. The quantitative estimate of drug-likeness (QED) is 0.581. The number of pyridine rings is 1. The van der Waals surface area contributed by atoms with Crippen LogP contribution in [0.25, 0.3) is 5.57 Å². The molecular weight excluding hydrogens is 370 g/mol. The fraction of sp³-hybridized carbons (Fsp3) is 0.261. The van der Waals surface area contributed by atoms with Gasteiger partial charge in [0.25, 0.3) is 5.91 Å². The molecule has 0 aliphatic heterocycles. The molecule has 0 spiro atoms. The average molecular weight is 398 g/mol. The van der Waals surface area contributed by atoms with Crippen molar-refractivity contribution in [2.45, 2.75) is 41.0 Å². The van der Waals surface area contributed by atoms with E-state index in [2.05, 4.69) is 15.3 Å². The summed E-state index contributed by atoms with van der Waals surface area (Å²) >= 11 is 5.88. The minimum absolute atomic E-state index is 0.221. The normalized spacial score (nSPS) is 12.1. The number of nitrogens with zero attached hydrogens (tertiary/aromatic N) is 2. The summed E-state index contributed by atoms with van der Waals surface area (Å²) in [4.78, 5) is 21.3. The Kier molecular flexibility index (Phi) is 10.5. The number of nitrogens with one attached hydrogen (secondary N) is 1. The van der Waals surface area contributed by atoms with E-state index in [1.807, 2.05) is 58.9 Å². The molecule has 0 aliphatic rings. The van der Waals surface area contributed by atoms with Crippen LogP contribution in [0.5, 0.6) is 0 Å². The van der Waals surface area contributed by atoms with Gasteiger partial charge in [-0.1, -0.05) is 44.5 Å². The highest BCUT2D eigenvalue weighted by Gasteiger charge is 2.09. The molecule has 4 nitrogen and oxygen atoms in total. The minimum atomic E-state index is -0.221. The number of amides is 1. The molecule has 2 rings (SSSR count). The molecule has 1 N–H and O–H groups in total. The second-order valence-corrected chi connectivity index (χ2v) is 6.10. The van der Waals surface area contributed by atoms with Crippen LogP contribution in [0, 0.1) is 0 Å². The molecule has 2 aromatic rings. The fourth-order valence-electron chi connectivity index (χ4n) is 2.15. The van der Waals surface area contributed by atoms with Crippen LogP contribution in [-0.2, 0) is 0 Å². The minimum Gasteiger partial charge on any atom is -0.307 e. The molecule has 1 aromatic carbocycles. The van der Waals surface area contributed by atoms with Crippen LogP contribution in [0.4, 0.5) is 0 Å². The number of aliphatic imine (C=N–C) groups is 1. The number of allylic oxidation sites excluding steroid dienone is 3. The molecule has 0 fully saturated rings. The SMILES string of the molecule is CC.C\C=C(/C=N\C(NC(=O)c1ccc(Cl)cc1)=C(/C)CC)c1ccccn1. The second kappa shape index (κ2) is 12.6. The van der Waals surface area contributed by atoms with Crippen molar-refractivity contribution in [1.29, 1.82) is 0 Å². The average Bonchev–Trinajstić information content (AvgIpc) is 2.75. The van der Waals surface area contributed by atoms with E-state index >= 15 is 0 Å². The molecule has 0 unspecified atom stereocenters. The molecule has 28 heavy (non-hydrogen) atoms. The number of hydrogen-bond acceptors (Lipinski definition) is 3. The zero-order valence-corrected chi connectivity index (χ0v) is 17.9. The van der Waals surface area contributed by atoms with Crippen molar-refractivity contribution in [3.05, 3.63) is 82.4 Å². The Labute approximate surface area is 173 Å². The Morgan fingerprint density at radius 2 is 1.86 bits per heavy atom. The first-order chi connectivity index (χ1) is 13.5. The summed E-state index contributed by atoms with van der Waals surface area (Å²) in [6.45, 7) is 9.90. The Balaban J connectivity index is 0.00000190. The molecular formula is C23H28ClN3O. The maximum absolute atomic E-state index is 12.5. The number of rotatable bonds is 6. The van der Waals surface area contributed by atoms with E-state index in [0.717, 1.165) is 23.3 Å². The molecule has 0 bridgehead atoms. The molecule has 0 atom stereocenters. The lowest BCUT2D eigenvalue weighted by Crippen LogP contribution is -2.23. The maximum atomic E-state index is 12.5. The van der Waals surface area contributed by atoms with Crippen molar-refractivity contribution < 1.29 is 4.79 Å². The standard InChI is InChI=1S/C21H22ClN3O.C2H6/c1-4-15(3)20(25-21(26)17-9-11-18(22)12-10-17)24-14-16(5-2)19-8-6-7-13-23-19;1-2/h5-14H,4H2,1-3H3,(H,25,26);1-2H3/b16-5+,20-15-,24-14-;. The third-order valence-electron chi connectivity index (χ3n) is 3.88. The summed E-state index contributed by atoms with van der Waals surface area (Å²) in [5.41, 5.74) is 3.23. The molecule has 1 heterocycles. The van der Waals surface area contributed by atoms with Crippen LogP contribution in [0.3, 0.4) is 0 Å². The van der Waals surface area contributed by atoms with Gasteiger partial charge in [-0.3, -0.25) is 9.78 Å². The second-order valence-electron chi connectivity index (χ2n) is 5.66. The van der Waals surface area contributed by atoms with Gasteiger partial charge in [-0.05, 0) is 62.2 Å². The van der Waals surface area contributed by atoms with Crippen LogP contribution in [-0.4, -0.2) is 17.1 Å². The Bertz CT molecular complexity index is 838. The van der Waals surface area contributed by atoms with Gasteiger partial charge in [0.15, 0.2) is 0 Å². The summed E-state index contributed by atoms with van der Waals surface area (Å²) < 4.78 is 0. The number of carbonyl (C=O) groups is 1. The first-order valence-corrected chi connectivity index (χ1v) is 9.81. The topological polar surface area (TPSA) is 54.4 Å². The molecule has 0 saturated carbocycles. The van der Waals surface area contributed by atoms with Crippen molar-refractivity contribution >= 4 is 29.3 Å². The number of carbonyl (C=O) groups excluding carboxylic acids is 1. The predicted octanol–water partition coefficient (Wildman–Crippen LogP) is 6.31. The van der Waals surface area contributed by atoms with Gasteiger partial charge in [0.05, 0.1) is 5.69 Å². The summed E-state index contributed by atoms with van der Waals surface area (Å²) in [5.74, 6) is 0.323. The smallest absolute Gasteiger partial charge is 0.256 e. The number of halogens is 1. The number of hydrogen-bond donors (Lipinski definition) is 1. The zero-order chi connectivity index (χ0) is 20.9. The van der Waals surface area contributed by atoms with Gasteiger partial charge in [-0.25, -0.2) is 4.99 Å². The van der Waals surface area contributed by atoms with Gasteiger partial charge in [0.2, 0.25) is 0 Å². The van der Waals surface area contributed by atoms with Crippen LogP contribution in [0.1, 0.15) is 57.1 Å². The zero-order valence-electron chi connectivity index (χ0n) is 17.2. The van der Waals surface area contributed by atoms with E-state index in [-0.39, 0.29) is 5.91 Å². The monoisotopic (exact) mass is 397 g/mol. The Morgan fingerprint density at radius 3 is 2.39 bits per heavy atom. The lowest BCUT2D eigenvalue weighted by atomic mass is 10.1. The highest BCUT2D eigenvalue weighted by atomic mass is 35.5. The fourth-order valence-corrected chi connectivity index (χ4v) is 2.28. The maximum Gasteiger partial charge on any atom is 0.256 e. The van der Waals surface area contributed by atoms with Crippen LogP contribution < -0.4 is 5.32 Å². The lowest BCUT2D eigenvalue weighted by molar-refractivity contribution is 0.0965.